The lowest BCUT2D eigenvalue weighted by molar-refractivity contribution is 0.0557. The first-order valence-corrected chi connectivity index (χ1v) is 12.5. The zero-order valence-corrected chi connectivity index (χ0v) is 20.7. The molecule has 2 amide bonds. The summed E-state index contributed by atoms with van der Waals surface area (Å²) in [5, 5.41) is 1.98. The molecule has 0 N–H and O–H groups in total. The van der Waals surface area contributed by atoms with E-state index in [1.165, 1.54) is 0 Å². The molecule has 0 atom stereocenters. The van der Waals surface area contributed by atoms with E-state index in [2.05, 4.69) is 4.98 Å². The van der Waals surface area contributed by atoms with Gasteiger partial charge >= 0.3 is 0 Å². The number of pyridine rings is 1. The highest BCUT2D eigenvalue weighted by atomic mass is 16.5. The molecule has 1 spiro atoms. The van der Waals surface area contributed by atoms with Crippen molar-refractivity contribution in [2.75, 3.05) is 33.3 Å². The summed E-state index contributed by atoms with van der Waals surface area (Å²) in [6, 6.07) is 19.5. The smallest absolute Gasteiger partial charge is 0.272 e. The van der Waals surface area contributed by atoms with Crippen molar-refractivity contribution in [3.63, 3.8) is 0 Å². The highest BCUT2D eigenvalue weighted by Crippen LogP contribution is 2.41. The zero-order valence-electron chi connectivity index (χ0n) is 20.7. The average Bonchev–Trinajstić information content (AvgIpc) is 3.49. The van der Waals surface area contributed by atoms with Crippen LogP contribution in [0.5, 0.6) is 5.75 Å². The first-order valence-electron chi connectivity index (χ1n) is 12.5. The van der Waals surface area contributed by atoms with Crippen LogP contribution >= 0.6 is 0 Å². The average molecular weight is 483 g/mol. The van der Waals surface area contributed by atoms with Crippen LogP contribution in [0.4, 0.5) is 0 Å². The van der Waals surface area contributed by atoms with Gasteiger partial charge in [0.15, 0.2) is 0 Å². The Balaban J connectivity index is 1.15. The SMILES string of the molecule is COc1cc(C(=O)N2CCC3(CCN(C(=O)c4cc5ccccc5n4C)CC3)C2)nc2ccccc12. The Morgan fingerprint density at radius 2 is 1.58 bits per heavy atom. The second-order valence-corrected chi connectivity index (χ2v) is 10.1. The Morgan fingerprint density at radius 1 is 0.889 bits per heavy atom. The molecule has 4 heterocycles. The first kappa shape index (κ1) is 22.6. The Kier molecular flexibility index (Phi) is 5.43. The Morgan fingerprint density at radius 3 is 2.33 bits per heavy atom. The number of hydrogen-bond acceptors (Lipinski definition) is 4. The minimum atomic E-state index is -0.0510. The third kappa shape index (κ3) is 3.70. The minimum absolute atomic E-state index is 0.0510. The van der Waals surface area contributed by atoms with Crippen LogP contribution in [-0.4, -0.2) is 64.5 Å². The van der Waals surface area contributed by atoms with Crippen LogP contribution in [0.25, 0.3) is 21.8 Å². The number of aromatic nitrogens is 2. The standard InChI is InChI=1S/C29H30N4O3/c1-31-24-10-6-3-7-20(24)17-25(31)28(35)32-14-11-29(12-15-32)13-16-33(19-29)27(34)23-18-26(36-2)21-8-4-5-9-22(21)30-23/h3-10,17-18H,11-16,19H2,1-2H3. The number of carbonyl (C=O) groups excluding carboxylic acids is 2. The molecule has 7 heteroatoms. The van der Waals surface area contributed by atoms with E-state index in [4.69, 9.17) is 4.74 Å². The molecule has 0 bridgehead atoms. The predicted molar refractivity (Wildman–Crippen MR) is 139 cm³/mol. The highest BCUT2D eigenvalue weighted by Gasteiger charge is 2.43. The molecular weight excluding hydrogens is 452 g/mol. The van der Waals surface area contributed by atoms with Crippen LogP contribution in [0.2, 0.25) is 0 Å². The van der Waals surface area contributed by atoms with Gasteiger partial charge in [0.25, 0.3) is 11.8 Å². The van der Waals surface area contributed by atoms with E-state index < -0.39 is 0 Å². The van der Waals surface area contributed by atoms with E-state index in [1.807, 2.05) is 76.0 Å². The van der Waals surface area contributed by atoms with Crippen LogP contribution in [0.3, 0.4) is 0 Å². The van der Waals surface area contributed by atoms with Crippen LogP contribution in [0.1, 0.15) is 40.2 Å². The maximum absolute atomic E-state index is 13.4. The number of fused-ring (bicyclic) bond motifs is 2. The summed E-state index contributed by atoms with van der Waals surface area (Å²) in [6.07, 6.45) is 2.77. The molecule has 2 aliphatic heterocycles. The van der Waals surface area contributed by atoms with Crippen LogP contribution in [0, 0.1) is 5.41 Å². The van der Waals surface area contributed by atoms with Gasteiger partial charge in [0, 0.05) is 55.6 Å². The number of aryl methyl sites for hydroxylation is 1. The number of hydrogen-bond donors (Lipinski definition) is 0. The van der Waals surface area contributed by atoms with Gasteiger partial charge in [0.05, 0.1) is 12.6 Å². The molecule has 2 fully saturated rings. The van der Waals surface area contributed by atoms with Crippen molar-refractivity contribution in [1.29, 1.82) is 0 Å². The third-order valence-electron chi connectivity index (χ3n) is 8.12. The Hall–Kier alpha value is -3.87. The van der Waals surface area contributed by atoms with E-state index in [0.717, 1.165) is 46.8 Å². The molecule has 2 saturated heterocycles. The zero-order chi connectivity index (χ0) is 24.9. The lowest BCUT2D eigenvalue weighted by Gasteiger charge is -2.39. The molecule has 2 aromatic heterocycles. The number of benzene rings is 2. The topological polar surface area (TPSA) is 67.7 Å². The van der Waals surface area contributed by atoms with Crippen molar-refractivity contribution in [1.82, 2.24) is 19.4 Å². The lowest BCUT2D eigenvalue weighted by Crippen LogP contribution is -2.45. The molecule has 0 radical (unpaired) electrons. The van der Waals surface area contributed by atoms with Gasteiger partial charge < -0.3 is 19.1 Å². The lowest BCUT2D eigenvalue weighted by atomic mass is 9.77. The highest BCUT2D eigenvalue weighted by molar-refractivity contribution is 5.99. The second-order valence-electron chi connectivity index (χ2n) is 10.1. The maximum atomic E-state index is 13.4. The number of likely N-dealkylation sites (tertiary alicyclic amines) is 2. The van der Waals surface area contributed by atoms with Crippen LogP contribution in [-0.2, 0) is 7.05 Å². The number of methoxy groups -OCH3 is 1. The first-order chi connectivity index (χ1) is 17.5. The van der Waals surface area contributed by atoms with Crippen molar-refractivity contribution in [3.05, 3.63) is 72.1 Å². The van der Waals surface area contributed by atoms with Crippen molar-refractivity contribution in [2.24, 2.45) is 12.5 Å². The second kappa shape index (κ2) is 8.66. The number of piperidine rings is 1. The van der Waals surface area contributed by atoms with Crippen molar-refractivity contribution in [3.8, 4) is 5.75 Å². The van der Waals surface area contributed by atoms with Crippen LogP contribution < -0.4 is 4.74 Å². The fraction of sp³-hybridized carbons (Fsp3) is 0.345. The van der Waals surface area contributed by atoms with E-state index >= 15 is 0 Å². The molecule has 184 valence electrons. The summed E-state index contributed by atoms with van der Waals surface area (Å²) in [5.41, 5.74) is 3.04. The van der Waals surface area contributed by atoms with Crippen molar-refractivity contribution >= 4 is 33.6 Å². The van der Waals surface area contributed by atoms with Gasteiger partial charge in [-0.05, 0) is 48.9 Å². The van der Waals surface area contributed by atoms with Gasteiger partial charge in [-0.1, -0.05) is 30.3 Å². The quantitative estimate of drug-likeness (QED) is 0.431. The predicted octanol–water partition coefficient (Wildman–Crippen LogP) is 4.50. The Bertz CT molecular complexity index is 1480. The molecule has 4 aromatic rings. The number of carbonyl (C=O) groups is 2. The fourth-order valence-electron chi connectivity index (χ4n) is 5.94. The summed E-state index contributed by atoms with van der Waals surface area (Å²) in [7, 11) is 3.57. The largest absolute Gasteiger partial charge is 0.496 e. The Labute approximate surface area is 210 Å². The van der Waals surface area contributed by atoms with E-state index in [9.17, 15) is 9.59 Å². The van der Waals surface area contributed by atoms with Crippen molar-refractivity contribution in [2.45, 2.75) is 19.3 Å². The van der Waals surface area contributed by atoms with Gasteiger partial charge in [0.2, 0.25) is 0 Å². The van der Waals surface area contributed by atoms with Gasteiger partial charge in [-0.25, -0.2) is 4.98 Å². The molecule has 2 aromatic carbocycles. The molecule has 0 unspecified atom stereocenters. The summed E-state index contributed by atoms with van der Waals surface area (Å²) in [4.78, 5) is 35.3. The minimum Gasteiger partial charge on any atom is -0.496 e. The summed E-state index contributed by atoms with van der Waals surface area (Å²) in [6.45, 7) is 2.85. The monoisotopic (exact) mass is 482 g/mol. The summed E-state index contributed by atoms with van der Waals surface area (Å²) >= 11 is 0. The third-order valence-corrected chi connectivity index (χ3v) is 8.12. The van der Waals surface area contributed by atoms with E-state index in [-0.39, 0.29) is 17.2 Å². The van der Waals surface area contributed by atoms with E-state index in [1.54, 1.807) is 13.2 Å². The summed E-state index contributed by atoms with van der Waals surface area (Å²) < 4.78 is 7.53. The number of rotatable bonds is 3. The van der Waals surface area contributed by atoms with Gasteiger partial charge in [-0.2, -0.15) is 0 Å². The molecule has 2 aliphatic rings. The van der Waals surface area contributed by atoms with E-state index in [0.29, 0.717) is 37.6 Å². The molecular formula is C29H30N4O3. The molecule has 7 nitrogen and oxygen atoms in total. The summed E-state index contributed by atoms with van der Waals surface area (Å²) in [5.74, 6) is 0.699. The number of amides is 2. The maximum Gasteiger partial charge on any atom is 0.272 e. The number of ether oxygens (including phenoxy) is 1. The van der Waals surface area contributed by atoms with Gasteiger partial charge in [-0.3, -0.25) is 9.59 Å². The molecule has 36 heavy (non-hydrogen) atoms. The molecule has 6 rings (SSSR count). The van der Waals surface area contributed by atoms with Crippen molar-refractivity contribution < 1.29 is 14.3 Å². The molecule has 0 saturated carbocycles. The number of nitrogens with zero attached hydrogens (tertiary/aromatic N) is 4. The fourth-order valence-corrected chi connectivity index (χ4v) is 5.94. The van der Waals surface area contributed by atoms with Crippen LogP contribution in [0.15, 0.2) is 60.7 Å². The normalized spacial score (nSPS) is 17.3. The van der Waals surface area contributed by atoms with Gasteiger partial charge in [0.1, 0.15) is 17.1 Å². The molecule has 0 aliphatic carbocycles. The number of para-hydroxylation sites is 2. The van der Waals surface area contributed by atoms with Gasteiger partial charge in [-0.15, -0.1) is 0 Å².